The third-order valence-corrected chi connectivity index (χ3v) is 4.58. The van der Waals surface area contributed by atoms with Crippen molar-refractivity contribution in [3.8, 4) is 0 Å². The van der Waals surface area contributed by atoms with Crippen molar-refractivity contribution in [1.29, 1.82) is 0 Å². The molecule has 0 aliphatic carbocycles. The van der Waals surface area contributed by atoms with E-state index in [0.29, 0.717) is 5.13 Å². The molecule has 2 aromatic rings. The highest BCUT2D eigenvalue weighted by molar-refractivity contribution is 8.01. The zero-order chi connectivity index (χ0) is 13.8. The van der Waals surface area contributed by atoms with Crippen LogP contribution in [0.1, 0.15) is 11.1 Å². The van der Waals surface area contributed by atoms with Crippen molar-refractivity contribution in [3.63, 3.8) is 0 Å². The van der Waals surface area contributed by atoms with E-state index in [4.69, 9.17) is 5.73 Å². The van der Waals surface area contributed by atoms with Gasteiger partial charge in [0.2, 0.25) is 11.0 Å². The maximum absolute atomic E-state index is 10.7. The maximum atomic E-state index is 10.7. The largest absolute Gasteiger partial charge is 0.369 e. The summed E-state index contributed by atoms with van der Waals surface area (Å²) in [6.45, 7) is 4.12. The summed E-state index contributed by atoms with van der Waals surface area (Å²) in [6, 6.07) is 6.06. The van der Waals surface area contributed by atoms with Gasteiger partial charge < -0.3 is 11.1 Å². The number of thioether (sulfide) groups is 1. The Balaban J connectivity index is 2.07. The molecule has 5 nitrogen and oxygen atoms in total. The summed E-state index contributed by atoms with van der Waals surface area (Å²) >= 11 is 2.70. The van der Waals surface area contributed by atoms with Gasteiger partial charge in [-0.05, 0) is 31.0 Å². The number of aromatic nitrogens is 2. The molecule has 7 heteroatoms. The lowest BCUT2D eigenvalue weighted by molar-refractivity contribution is -0.115. The first-order valence-electron chi connectivity index (χ1n) is 5.64. The fourth-order valence-corrected chi connectivity index (χ4v) is 2.96. The Morgan fingerprint density at radius 2 is 2.21 bits per heavy atom. The van der Waals surface area contributed by atoms with Crippen LogP contribution in [0.2, 0.25) is 0 Å². The van der Waals surface area contributed by atoms with Gasteiger partial charge in [0.25, 0.3) is 0 Å². The van der Waals surface area contributed by atoms with Crippen LogP contribution in [-0.4, -0.2) is 21.9 Å². The number of nitrogens with zero attached hydrogens (tertiary/aromatic N) is 2. The van der Waals surface area contributed by atoms with Crippen molar-refractivity contribution in [2.45, 2.75) is 18.2 Å². The van der Waals surface area contributed by atoms with E-state index in [1.54, 1.807) is 0 Å². The van der Waals surface area contributed by atoms with E-state index in [-0.39, 0.29) is 11.7 Å². The summed E-state index contributed by atoms with van der Waals surface area (Å²) in [5.74, 6) is -0.137. The van der Waals surface area contributed by atoms with E-state index in [1.807, 2.05) is 12.1 Å². The van der Waals surface area contributed by atoms with E-state index in [1.165, 1.54) is 34.2 Å². The number of carbonyl (C=O) groups is 1. The number of nitrogens with two attached hydrogens (primary N) is 1. The van der Waals surface area contributed by atoms with Crippen LogP contribution in [0.5, 0.6) is 0 Å². The van der Waals surface area contributed by atoms with E-state index in [0.717, 1.165) is 10.0 Å². The molecular weight excluding hydrogens is 280 g/mol. The second-order valence-corrected chi connectivity index (χ2v) is 6.20. The average Bonchev–Trinajstić information content (AvgIpc) is 2.80. The summed E-state index contributed by atoms with van der Waals surface area (Å²) in [5.41, 5.74) is 8.51. The summed E-state index contributed by atoms with van der Waals surface area (Å²) in [7, 11) is 0. The molecule has 3 N–H and O–H groups in total. The first-order valence-corrected chi connectivity index (χ1v) is 7.44. The molecule has 0 unspecified atom stereocenters. The molecule has 0 aliphatic heterocycles. The number of hydrogen-bond acceptors (Lipinski definition) is 6. The van der Waals surface area contributed by atoms with Gasteiger partial charge in [-0.25, -0.2) is 0 Å². The zero-order valence-corrected chi connectivity index (χ0v) is 12.3. The highest BCUT2D eigenvalue weighted by Crippen LogP contribution is 2.29. The van der Waals surface area contributed by atoms with E-state index < -0.39 is 0 Å². The summed E-state index contributed by atoms with van der Waals surface area (Å²) < 4.78 is 0.728. The Labute approximate surface area is 119 Å². The second-order valence-electron chi connectivity index (χ2n) is 4.00. The van der Waals surface area contributed by atoms with Gasteiger partial charge in [0, 0.05) is 5.69 Å². The summed E-state index contributed by atoms with van der Waals surface area (Å²) in [5, 5.41) is 12.0. The highest BCUT2D eigenvalue weighted by atomic mass is 32.2. The molecule has 19 heavy (non-hydrogen) atoms. The Morgan fingerprint density at radius 1 is 1.42 bits per heavy atom. The predicted octanol–water partition coefficient (Wildman–Crippen LogP) is 2.48. The molecule has 2 rings (SSSR count). The van der Waals surface area contributed by atoms with Crippen LogP contribution in [0.25, 0.3) is 0 Å². The zero-order valence-electron chi connectivity index (χ0n) is 10.6. The number of benzene rings is 1. The molecule has 0 aliphatic rings. The Bertz CT molecular complexity index is 597. The fourth-order valence-electron chi connectivity index (χ4n) is 1.45. The molecule has 1 aromatic carbocycles. The Hall–Kier alpha value is -1.60. The van der Waals surface area contributed by atoms with Crippen LogP contribution in [-0.2, 0) is 4.79 Å². The van der Waals surface area contributed by atoms with Gasteiger partial charge in [0.05, 0.1) is 5.75 Å². The van der Waals surface area contributed by atoms with Crippen molar-refractivity contribution < 1.29 is 4.79 Å². The SMILES string of the molecule is Cc1cccc(Nc2nnc(SCC(N)=O)s2)c1C. The quantitative estimate of drug-likeness (QED) is 0.828. The van der Waals surface area contributed by atoms with Gasteiger partial charge >= 0.3 is 0 Å². The van der Waals surface area contributed by atoms with Crippen molar-refractivity contribution in [2.75, 3.05) is 11.1 Å². The minimum Gasteiger partial charge on any atom is -0.369 e. The smallest absolute Gasteiger partial charge is 0.227 e. The molecule has 0 bridgehead atoms. The normalized spacial score (nSPS) is 10.4. The summed E-state index contributed by atoms with van der Waals surface area (Å²) in [6.07, 6.45) is 0. The van der Waals surface area contributed by atoms with E-state index in [9.17, 15) is 4.79 Å². The van der Waals surface area contributed by atoms with Crippen LogP contribution in [0.4, 0.5) is 10.8 Å². The average molecular weight is 294 g/mol. The number of carbonyl (C=O) groups excluding carboxylic acids is 1. The molecule has 1 amide bonds. The van der Waals surface area contributed by atoms with Crippen LogP contribution in [0.15, 0.2) is 22.5 Å². The monoisotopic (exact) mass is 294 g/mol. The van der Waals surface area contributed by atoms with Gasteiger partial charge in [-0.2, -0.15) is 0 Å². The first-order chi connectivity index (χ1) is 9.06. The predicted molar refractivity (Wildman–Crippen MR) is 79.0 cm³/mol. The van der Waals surface area contributed by atoms with Crippen LogP contribution < -0.4 is 11.1 Å². The van der Waals surface area contributed by atoms with Crippen LogP contribution >= 0.6 is 23.1 Å². The molecule has 0 atom stereocenters. The van der Waals surface area contributed by atoms with Gasteiger partial charge in [0.15, 0.2) is 4.34 Å². The summed E-state index contributed by atoms with van der Waals surface area (Å²) in [4.78, 5) is 10.7. The number of hydrogen-bond donors (Lipinski definition) is 2. The lowest BCUT2D eigenvalue weighted by Crippen LogP contribution is -2.12. The maximum Gasteiger partial charge on any atom is 0.227 e. The molecule has 0 saturated heterocycles. The minimum absolute atomic E-state index is 0.220. The van der Waals surface area contributed by atoms with Gasteiger partial charge in [-0.3, -0.25) is 4.79 Å². The van der Waals surface area contributed by atoms with Crippen LogP contribution in [0.3, 0.4) is 0 Å². The van der Waals surface area contributed by atoms with Crippen molar-refractivity contribution >= 4 is 39.8 Å². The number of amides is 1. The van der Waals surface area contributed by atoms with Crippen molar-refractivity contribution in [3.05, 3.63) is 29.3 Å². The number of anilines is 2. The number of aryl methyl sites for hydroxylation is 1. The first kappa shape index (κ1) is 13.8. The number of rotatable bonds is 5. The molecule has 100 valence electrons. The molecule has 1 heterocycles. The third kappa shape index (κ3) is 3.68. The van der Waals surface area contributed by atoms with Crippen LogP contribution in [0, 0.1) is 13.8 Å². The van der Waals surface area contributed by atoms with Gasteiger partial charge in [-0.1, -0.05) is 35.2 Å². The van der Waals surface area contributed by atoms with E-state index >= 15 is 0 Å². The lowest BCUT2D eigenvalue weighted by atomic mass is 10.1. The molecule has 0 spiro atoms. The van der Waals surface area contributed by atoms with Crippen molar-refractivity contribution in [2.24, 2.45) is 5.73 Å². The molecule has 0 saturated carbocycles. The van der Waals surface area contributed by atoms with Gasteiger partial charge in [0.1, 0.15) is 0 Å². The lowest BCUT2D eigenvalue weighted by Gasteiger charge is -2.08. The number of nitrogens with one attached hydrogen (secondary N) is 1. The standard InChI is InChI=1S/C12H14N4OS2/c1-7-4-3-5-9(8(7)2)14-11-15-16-12(19-11)18-6-10(13)17/h3-5H,6H2,1-2H3,(H2,13,17)(H,14,15). The Morgan fingerprint density at radius 3 is 2.95 bits per heavy atom. The topological polar surface area (TPSA) is 80.9 Å². The third-order valence-electron chi connectivity index (χ3n) is 2.59. The molecular formula is C12H14N4OS2. The Kier molecular flexibility index (Phi) is 4.39. The minimum atomic E-state index is -0.357. The molecule has 0 fully saturated rings. The highest BCUT2D eigenvalue weighted by Gasteiger charge is 2.08. The second kappa shape index (κ2) is 6.03. The van der Waals surface area contributed by atoms with E-state index in [2.05, 4.69) is 35.4 Å². The molecule has 1 aromatic heterocycles. The van der Waals surface area contributed by atoms with Gasteiger partial charge in [-0.15, -0.1) is 10.2 Å². The fraction of sp³-hybridized carbons (Fsp3) is 0.250. The molecule has 0 radical (unpaired) electrons. The van der Waals surface area contributed by atoms with Crippen molar-refractivity contribution in [1.82, 2.24) is 10.2 Å². The number of primary amides is 1.